The van der Waals surface area contributed by atoms with Gasteiger partial charge < -0.3 is 5.73 Å². The van der Waals surface area contributed by atoms with Gasteiger partial charge in [0.25, 0.3) is 11.8 Å². The van der Waals surface area contributed by atoms with Crippen molar-refractivity contribution in [1.82, 2.24) is 9.88 Å². The topological polar surface area (TPSA) is 76.3 Å². The first-order valence-corrected chi connectivity index (χ1v) is 6.30. The molecule has 100 valence electrons. The van der Waals surface area contributed by atoms with Crippen LogP contribution in [0.5, 0.6) is 0 Å². The average molecular weight is 267 g/mol. The van der Waals surface area contributed by atoms with Crippen molar-refractivity contribution in [1.29, 1.82) is 0 Å². The molecule has 0 saturated heterocycles. The highest BCUT2D eigenvalue weighted by molar-refractivity contribution is 6.21. The molecule has 5 heteroatoms. The normalized spacial score (nSPS) is 15.3. The van der Waals surface area contributed by atoms with E-state index in [1.165, 1.54) is 4.90 Å². The molecule has 0 fully saturated rings. The number of rotatable bonds is 3. The van der Waals surface area contributed by atoms with Gasteiger partial charge >= 0.3 is 0 Å². The van der Waals surface area contributed by atoms with Crippen molar-refractivity contribution in [2.75, 3.05) is 6.54 Å². The highest BCUT2D eigenvalue weighted by Crippen LogP contribution is 2.24. The molecule has 0 spiro atoms. The highest BCUT2D eigenvalue weighted by atomic mass is 16.2. The molecular formula is C15H13N3O2. The molecule has 5 nitrogen and oxygen atoms in total. The maximum Gasteiger partial charge on any atom is 0.261 e. The Hall–Kier alpha value is -2.53. The maximum absolute atomic E-state index is 12.2. The van der Waals surface area contributed by atoms with E-state index >= 15 is 0 Å². The van der Waals surface area contributed by atoms with Gasteiger partial charge in [0, 0.05) is 6.20 Å². The molecule has 1 atom stereocenters. The second kappa shape index (κ2) is 4.86. The fourth-order valence-corrected chi connectivity index (χ4v) is 2.29. The van der Waals surface area contributed by atoms with E-state index in [9.17, 15) is 9.59 Å². The van der Waals surface area contributed by atoms with Crippen molar-refractivity contribution in [3.8, 4) is 0 Å². The summed E-state index contributed by atoms with van der Waals surface area (Å²) in [7, 11) is 0. The van der Waals surface area contributed by atoms with E-state index in [1.807, 2.05) is 6.07 Å². The summed E-state index contributed by atoms with van der Waals surface area (Å²) in [5, 5.41) is 0. The fraction of sp³-hybridized carbons (Fsp3) is 0.133. The van der Waals surface area contributed by atoms with Gasteiger partial charge in [-0.1, -0.05) is 18.2 Å². The minimum absolute atomic E-state index is 0.128. The molecule has 20 heavy (non-hydrogen) atoms. The lowest BCUT2D eigenvalue weighted by Crippen LogP contribution is -2.36. The molecule has 2 aromatic rings. The van der Waals surface area contributed by atoms with E-state index < -0.39 is 6.04 Å². The predicted molar refractivity (Wildman–Crippen MR) is 73.0 cm³/mol. The Morgan fingerprint density at radius 1 is 1.00 bits per heavy atom. The molecule has 2 heterocycles. The third-order valence-corrected chi connectivity index (χ3v) is 3.33. The first-order chi connectivity index (χ1) is 9.68. The quantitative estimate of drug-likeness (QED) is 0.852. The number of benzene rings is 1. The van der Waals surface area contributed by atoms with Gasteiger partial charge in [-0.25, -0.2) is 0 Å². The minimum Gasteiger partial charge on any atom is -0.321 e. The molecule has 3 rings (SSSR count). The predicted octanol–water partition coefficient (Wildman–Crippen LogP) is 1.38. The van der Waals surface area contributed by atoms with Crippen LogP contribution in [0.1, 0.15) is 32.5 Å². The molecular weight excluding hydrogens is 254 g/mol. The van der Waals surface area contributed by atoms with Crippen molar-refractivity contribution in [2.24, 2.45) is 5.73 Å². The van der Waals surface area contributed by atoms with E-state index in [0.717, 1.165) is 0 Å². The summed E-state index contributed by atoms with van der Waals surface area (Å²) in [5.41, 5.74) is 7.55. The van der Waals surface area contributed by atoms with Crippen LogP contribution in [0.3, 0.4) is 0 Å². The third kappa shape index (κ3) is 1.98. The summed E-state index contributed by atoms with van der Waals surface area (Å²) in [5.74, 6) is -0.589. The Kier molecular flexibility index (Phi) is 3.04. The van der Waals surface area contributed by atoms with Crippen LogP contribution in [0, 0.1) is 0 Å². The third-order valence-electron chi connectivity index (χ3n) is 3.33. The van der Waals surface area contributed by atoms with Crippen molar-refractivity contribution in [2.45, 2.75) is 6.04 Å². The van der Waals surface area contributed by atoms with Gasteiger partial charge in [-0.3, -0.25) is 19.5 Å². The second-order valence-corrected chi connectivity index (χ2v) is 4.63. The van der Waals surface area contributed by atoms with E-state index in [2.05, 4.69) is 4.98 Å². The summed E-state index contributed by atoms with van der Waals surface area (Å²) in [6, 6.07) is 11.7. The molecule has 2 amide bonds. The number of hydrogen-bond acceptors (Lipinski definition) is 4. The summed E-state index contributed by atoms with van der Waals surface area (Å²) in [6.45, 7) is 0.128. The molecule has 0 radical (unpaired) electrons. The van der Waals surface area contributed by atoms with Crippen LogP contribution in [0.25, 0.3) is 0 Å². The molecule has 1 aliphatic heterocycles. The van der Waals surface area contributed by atoms with Crippen LogP contribution >= 0.6 is 0 Å². The van der Waals surface area contributed by atoms with Crippen LogP contribution < -0.4 is 5.73 Å². The lowest BCUT2D eigenvalue weighted by atomic mass is 10.1. The first-order valence-electron chi connectivity index (χ1n) is 6.30. The maximum atomic E-state index is 12.2. The lowest BCUT2D eigenvalue weighted by Gasteiger charge is -2.18. The summed E-state index contributed by atoms with van der Waals surface area (Å²) >= 11 is 0. The van der Waals surface area contributed by atoms with Gasteiger partial charge in [0.05, 0.1) is 29.4 Å². The van der Waals surface area contributed by atoms with Crippen molar-refractivity contribution < 1.29 is 9.59 Å². The van der Waals surface area contributed by atoms with Crippen LogP contribution in [0.15, 0.2) is 48.7 Å². The Morgan fingerprint density at radius 2 is 1.60 bits per heavy atom. The number of nitrogens with zero attached hydrogens (tertiary/aromatic N) is 2. The standard InChI is InChI=1S/C15H13N3O2/c16-12(13-7-3-4-8-17-13)9-18-14(19)10-5-1-2-6-11(10)15(18)20/h1-8,12H,9,16H2/t12-/m1/s1. The van der Waals surface area contributed by atoms with Gasteiger partial charge in [0.15, 0.2) is 0 Å². The summed E-state index contributed by atoms with van der Waals surface area (Å²) in [4.78, 5) is 29.7. The van der Waals surface area contributed by atoms with E-state index in [1.54, 1.807) is 42.6 Å². The summed E-state index contributed by atoms with van der Waals surface area (Å²) < 4.78 is 0. The van der Waals surface area contributed by atoms with E-state index in [0.29, 0.717) is 16.8 Å². The Bertz CT molecular complexity index is 635. The Labute approximate surface area is 116 Å². The number of pyridine rings is 1. The van der Waals surface area contributed by atoms with Crippen LogP contribution in [0.2, 0.25) is 0 Å². The van der Waals surface area contributed by atoms with Crippen molar-refractivity contribution in [3.63, 3.8) is 0 Å². The van der Waals surface area contributed by atoms with E-state index in [-0.39, 0.29) is 18.4 Å². The van der Waals surface area contributed by atoms with Crippen LogP contribution in [-0.4, -0.2) is 28.2 Å². The average Bonchev–Trinajstić information content (AvgIpc) is 2.74. The SMILES string of the molecule is N[C@H](CN1C(=O)c2ccccc2C1=O)c1ccccn1. The van der Waals surface area contributed by atoms with Gasteiger partial charge in [-0.2, -0.15) is 0 Å². The number of hydrogen-bond donors (Lipinski definition) is 1. The zero-order chi connectivity index (χ0) is 14.1. The second-order valence-electron chi connectivity index (χ2n) is 4.63. The monoisotopic (exact) mass is 267 g/mol. The molecule has 1 aromatic heterocycles. The van der Waals surface area contributed by atoms with Crippen LogP contribution in [-0.2, 0) is 0 Å². The lowest BCUT2D eigenvalue weighted by molar-refractivity contribution is 0.0644. The zero-order valence-electron chi connectivity index (χ0n) is 10.7. The number of fused-ring (bicyclic) bond motifs is 1. The molecule has 0 bridgehead atoms. The fourth-order valence-electron chi connectivity index (χ4n) is 2.29. The summed E-state index contributed by atoms with van der Waals surface area (Å²) in [6.07, 6.45) is 1.64. The number of carbonyl (C=O) groups is 2. The molecule has 0 unspecified atom stereocenters. The molecule has 1 aliphatic rings. The first kappa shape index (κ1) is 12.5. The molecule has 0 aliphatic carbocycles. The number of imide groups is 1. The number of aromatic nitrogens is 1. The van der Waals surface area contributed by atoms with Gasteiger partial charge in [0.1, 0.15) is 0 Å². The number of amides is 2. The number of carbonyl (C=O) groups excluding carboxylic acids is 2. The largest absolute Gasteiger partial charge is 0.321 e. The van der Waals surface area contributed by atoms with Gasteiger partial charge in [0.2, 0.25) is 0 Å². The molecule has 1 aromatic carbocycles. The van der Waals surface area contributed by atoms with Crippen LogP contribution in [0.4, 0.5) is 0 Å². The Morgan fingerprint density at radius 3 is 2.15 bits per heavy atom. The highest BCUT2D eigenvalue weighted by Gasteiger charge is 2.36. The van der Waals surface area contributed by atoms with Crippen molar-refractivity contribution >= 4 is 11.8 Å². The molecule has 2 N–H and O–H groups in total. The minimum atomic E-state index is -0.488. The van der Waals surface area contributed by atoms with Gasteiger partial charge in [-0.05, 0) is 24.3 Å². The van der Waals surface area contributed by atoms with Gasteiger partial charge in [-0.15, -0.1) is 0 Å². The van der Waals surface area contributed by atoms with E-state index in [4.69, 9.17) is 5.73 Å². The van der Waals surface area contributed by atoms with Crippen molar-refractivity contribution in [3.05, 3.63) is 65.5 Å². The smallest absolute Gasteiger partial charge is 0.261 e. The zero-order valence-corrected chi connectivity index (χ0v) is 10.7. The number of nitrogens with two attached hydrogens (primary N) is 1. The molecule has 0 saturated carbocycles. The Balaban J connectivity index is 1.84.